The molecule has 0 aliphatic carbocycles. The van der Waals surface area contributed by atoms with Gasteiger partial charge in [-0.05, 0) is 18.6 Å². The van der Waals surface area contributed by atoms with Crippen molar-refractivity contribution in [3.8, 4) is 0 Å². The van der Waals surface area contributed by atoms with E-state index in [1.165, 1.54) is 10.5 Å². The van der Waals surface area contributed by atoms with Crippen LogP contribution in [-0.4, -0.2) is 23.1 Å². The number of nitrogens with zero attached hydrogens (tertiary/aromatic N) is 1. The predicted molar refractivity (Wildman–Crippen MR) is 58.3 cm³/mol. The molecular formula is C11H13NOS. The normalized spacial score (nSPS) is 16.4. The summed E-state index contributed by atoms with van der Waals surface area (Å²) in [5.41, 5.74) is 1.34. The molecule has 0 spiro atoms. The molecule has 0 unspecified atom stereocenters. The second kappa shape index (κ2) is 4.15. The van der Waals surface area contributed by atoms with Crippen LogP contribution in [0.4, 0.5) is 0 Å². The molecule has 1 aromatic carbocycles. The fourth-order valence-corrected chi connectivity index (χ4v) is 2.64. The first-order valence-electron chi connectivity index (χ1n) is 4.68. The van der Waals surface area contributed by atoms with E-state index in [-0.39, 0.29) is 5.78 Å². The van der Waals surface area contributed by atoms with Crippen LogP contribution in [0.1, 0.15) is 12.5 Å². The molecule has 74 valence electrons. The van der Waals surface area contributed by atoms with Crippen molar-refractivity contribution in [1.29, 1.82) is 0 Å². The molecule has 1 aliphatic rings. The summed E-state index contributed by atoms with van der Waals surface area (Å²) in [6.07, 6.45) is 0. The Morgan fingerprint density at radius 2 is 2.29 bits per heavy atom. The van der Waals surface area contributed by atoms with Crippen molar-refractivity contribution in [3.05, 3.63) is 29.8 Å². The van der Waals surface area contributed by atoms with Gasteiger partial charge in [-0.15, -0.1) is 11.8 Å². The van der Waals surface area contributed by atoms with E-state index in [1.54, 1.807) is 6.92 Å². The molecule has 0 radical (unpaired) electrons. The second-order valence-electron chi connectivity index (χ2n) is 3.57. The summed E-state index contributed by atoms with van der Waals surface area (Å²) in [5.74, 6) is 1.17. The molecule has 14 heavy (non-hydrogen) atoms. The van der Waals surface area contributed by atoms with E-state index in [1.807, 2.05) is 11.8 Å². The summed E-state index contributed by atoms with van der Waals surface area (Å²) < 4.78 is 0. The molecule has 0 saturated carbocycles. The van der Waals surface area contributed by atoms with Crippen LogP contribution in [0.2, 0.25) is 0 Å². The van der Waals surface area contributed by atoms with Crippen LogP contribution in [0.5, 0.6) is 0 Å². The molecule has 0 bridgehead atoms. The summed E-state index contributed by atoms with van der Waals surface area (Å²) in [4.78, 5) is 14.5. The maximum Gasteiger partial charge on any atom is 0.143 e. The molecular weight excluding hydrogens is 194 g/mol. The van der Waals surface area contributed by atoms with Crippen LogP contribution >= 0.6 is 11.8 Å². The Morgan fingerprint density at radius 1 is 1.50 bits per heavy atom. The average molecular weight is 207 g/mol. The average Bonchev–Trinajstić information content (AvgIpc) is 2.17. The van der Waals surface area contributed by atoms with E-state index in [2.05, 4.69) is 29.2 Å². The Hall–Kier alpha value is -0.800. The maximum absolute atomic E-state index is 11.0. The first kappa shape index (κ1) is 9.74. The molecule has 0 aromatic heterocycles. The number of benzene rings is 1. The lowest BCUT2D eigenvalue weighted by Gasteiger charge is -2.26. The Bertz CT molecular complexity index is 351. The van der Waals surface area contributed by atoms with Crippen LogP contribution in [0.25, 0.3) is 0 Å². The molecule has 3 heteroatoms. The minimum atomic E-state index is 0.241. The minimum absolute atomic E-state index is 0.241. The molecule has 1 aromatic rings. The lowest BCUT2D eigenvalue weighted by atomic mass is 10.2. The number of carbonyl (C=O) groups is 1. The van der Waals surface area contributed by atoms with Crippen LogP contribution in [0.15, 0.2) is 29.2 Å². The van der Waals surface area contributed by atoms with E-state index in [9.17, 15) is 4.79 Å². The van der Waals surface area contributed by atoms with Crippen LogP contribution < -0.4 is 0 Å². The highest BCUT2D eigenvalue weighted by Gasteiger charge is 2.16. The van der Waals surface area contributed by atoms with Crippen molar-refractivity contribution in [2.45, 2.75) is 18.4 Å². The highest BCUT2D eigenvalue weighted by atomic mass is 32.2. The lowest BCUT2D eigenvalue weighted by Crippen LogP contribution is -2.30. The van der Waals surface area contributed by atoms with Crippen molar-refractivity contribution >= 4 is 17.5 Å². The third kappa shape index (κ3) is 2.16. The fraction of sp³-hybridized carbons (Fsp3) is 0.364. The summed E-state index contributed by atoms with van der Waals surface area (Å²) in [7, 11) is 0. The number of rotatable bonds is 2. The molecule has 2 rings (SSSR count). The highest BCUT2D eigenvalue weighted by molar-refractivity contribution is 7.99. The van der Waals surface area contributed by atoms with Crippen LogP contribution in [-0.2, 0) is 11.3 Å². The van der Waals surface area contributed by atoms with Gasteiger partial charge in [0.05, 0.1) is 6.54 Å². The van der Waals surface area contributed by atoms with Gasteiger partial charge in [0.25, 0.3) is 0 Å². The van der Waals surface area contributed by atoms with E-state index in [0.29, 0.717) is 6.54 Å². The SMILES string of the molecule is CC(=O)CN1CSc2ccccc2C1. The summed E-state index contributed by atoms with van der Waals surface area (Å²) in [5, 5.41) is 0. The van der Waals surface area contributed by atoms with Gasteiger partial charge in [0.2, 0.25) is 0 Å². The van der Waals surface area contributed by atoms with Gasteiger partial charge >= 0.3 is 0 Å². The molecule has 2 nitrogen and oxygen atoms in total. The van der Waals surface area contributed by atoms with Gasteiger partial charge in [-0.1, -0.05) is 18.2 Å². The predicted octanol–water partition coefficient (Wildman–Crippen LogP) is 2.14. The molecule has 0 atom stereocenters. The number of carbonyl (C=O) groups excluding carboxylic acids is 1. The Balaban J connectivity index is 2.09. The number of fused-ring (bicyclic) bond motifs is 1. The summed E-state index contributed by atoms with van der Waals surface area (Å²) in [6.45, 7) is 3.12. The Morgan fingerprint density at radius 3 is 3.07 bits per heavy atom. The van der Waals surface area contributed by atoms with Gasteiger partial charge in [-0.3, -0.25) is 9.69 Å². The quantitative estimate of drug-likeness (QED) is 0.741. The van der Waals surface area contributed by atoms with Crippen molar-refractivity contribution in [2.24, 2.45) is 0 Å². The second-order valence-corrected chi connectivity index (χ2v) is 4.56. The van der Waals surface area contributed by atoms with Gasteiger partial charge in [0, 0.05) is 17.3 Å². The zero-order valence-corrected chi connectivity index (χ0v) is 9.01. The molecule has 1 aliphatic heterocycles. The third-order valence-corrected chi connectivity index (χ3v) is 3.42. The third-order valence-electron chi connectivity index (χ3n) is 2.22. The minimum Gasteiger partial charge on any atom is -0.299 e. The van der Waals surface area contributed by atoms with Gasteiger partial charge in [-0.2, -0.15) is 0 Å². The number of Topliss-reactive ketones (excluding diaryl/α,β-unsaturated/α-hetero) is 1. The van der Waals surface area contributed by atoms with Crippen molar-refractivity contribution < 1.29 is 4.79 Å². The number of thioether (sulfide) groups is 1. The van der Waals surface area contributed by atoms with Crippen LogP contribution in [0.3, 0.4) is 0 Å². The van der Waals surface area contributed by atoms with Crippen LogP contribution in [0, 0.1) is 0 Å². The number of hydrogen-bond donors (Lipinski definition) is 0. The van der Waals surface area contributed by atoms with Gasteiger partial charge in [-0.25, -0.2) is 0 Å². The summed E-state index contributed by atoms with van der Waals surface area (Å²) >= 11 is 1.81. The van der Waals surface area contributed by atoms with E-state index < -0.39 is 0 Å². The van der Waals surface area contributed by atoms with Gasteiger partial charge in [0.15, 0.2) is 0 Å². The lowest BCUT2D eigenvalue weighted by molar-refractivity contribution is -0.118. The zero-order valence-electron chi connectivity index (χ0n) is 8.19. The Labute approximate surface area is 88.3 Å². The molecule has 0 saturated heterocycles. The molecule has 1 heterocycles. The molecule has 0 amide bonds. The largest absolute Gasteiger partial charge is 0.299 e. The number of ketones is 1. The Kier molecular flexibility index (Phi) is 2.89. The zero-order chi connectivity index (χ0) is 9.97. The number of hydrogen-bond acceptors (Lipinski definition) is 3. The van der Waals surface area contributed by atoms with Crippen molar-refractivity contribution in [2.75, 3.05) is 12.4 Å². The molecule has 0 fully saturated rings. The van der Waals surface area contributed by atoms with Crippen molar-refractivity contribution in [1.82, 2.24) is 4.90 Å². The highest BCUT2D eigenvalue weighted by Crippen LogP contribution is 2.29. The van der Waals surface area contributed by atoms with E-state index in [4.69, 9.17) is 0 Å². The fourth-order valence-electron chi connectivity index (χ4n) is 1.64. The first-order chi connectivity index (χ1) is 6.75. The van der Waals surface area contributed by atoms with Gasteiger partial charge in [0.1, 0.15) is 5.78 Å². The molecule has 0 N–H and O–H groups in total. The monoisotopic (exact) mass is 207 g/mol. The van der Waals surface area contributed by atoms with E-state index >= 15 is 0 Å². The van der Waals surface area contributed by atoms with Gasteiger partial charge < -0.3 is 0 Å². The maximum atomic E-state index is 11.0. The van der Waals surface area contributed by atoms with Crippen molar-refractivity contribution in [3.63, 3.8) is 0 Å². The standard InChI is InChI=1S/C11H13NOS/c1-9(13)6-12-7-10-4-2-3-5-11(10)14-8-12/h2-5H,6-8H2,1H3. The van der Waals surface area contributed by atoms with E-state index in [0.717, 1.165) is 12.4 Å². The smallest absolute Gasteiger partial charge is 0.143 e. The first-order valence-corrected chi connectivity index (χ1v) is 5.67. The topological polar surface area (TPSA) is 20.3 Å². The summed E-state index contributed by atoms with van der Waals surface area (Å²) in [6, 6.07) is 8.39.